The summed E-state index contributed by atoms with van der Waals surface area (Å²) in [7, 11) is 0. The molecule has 40 heavy (non-hydrogen) atoms. The molecule has 4 heteroatoms. The Kier molecular flexibility index (Phi) is 4.48. The number of fused-ring (bicyclic) bond motifs is 8. The SMILES string of the molecule is c1ccc2cc3c(cc2c1)c1ccccc1n3-c1nc2ccccc2nc1-c1ccc2c(c1)sc1ccccc12. The molecular formula is C36H21N3S. The van der Waals surface area contributed by atoms with Gasteiger partial charge in [-0.2, -0.15) is 0 Å². The molecule has 0 aliphatic rings. The largest absolute Gasteiger partial charge is 0.292 e. The Bertz CT molecular complexity index is 2450. The van der Waals surface area contributed by atoms with Crippen LogP contribution in [0.25, 0.3) is 80.9 Å². The van der Waals surface area contributed by atoms with Gasteiger partial charge in [-0.15, -0.1) is 11.3 Å². The molecule has 0 spiro atoms. The zero-order valence-electron chi connectivity index (χ0n) is 21.4. The first-order chi connectivity index (χ1) is 19.8. The summed E-state index contributed by atoms with van der Waals surface area (Å²) in [5.41, 5.74) is 5.99. The second kappa shape index (κ2) is 8.22. The molecule has 0 amide bonds. The maximum atomic E-state index is 5.30. The zero-order valence-corrected chi connectivity index (χ0v) is 22.2. The summed E-state index contributed by atoms with van der Waals surface area (Å²) in [5.74, 6) is 0.848. The van der Waals surface area contributed by atoms with Crippen LogP contribution in [0.1, 0.15) is 0 Å². The molecule has 0 saturated heterocycles. The summed E-state index contributed by atoms with van der Waals surface area (Å²) >= 11 is 1.83. The van der Waals surface area contributed by atoms with E-state index in [0.717, 1.165) is 39.1 Å². The van der Waals surface area contributed by atoms with Gasteiger partial charge in [-0.05, 0) is 53.2 Å². The van der Waals surface area contributed by atoms with E-state index in [1.165, 1.54) is 41.7 Å². The molecule has 0 aliphatic carbocycles. The highest BCUT2D eigenvalue weighted by Crippen LogP contribution is 2.40. The van der Waals surface area contributed by atoms with E-state index >= 15 is 0 Å². The second-order valence-corrected chi connectivity index (χ2v) is 11.3. The average molecular weight is 528 g/mol. The number of aromatic nitrogens is 3. The fraction of sp³-hybridized carbons (Fsp3) is 0. The molecule has 6 aromatic carbocycles. The zero-order chi connectivity index (χ0) is 26.2. The molecular weight excluding hydrogens is 506 g/mol. The highest BCUT2D eigenvalue weighted by Gasteiger charge is 2.20. The topological polar surface area (TPSA) is 30.7 Å². The van der Waals surface area contributed by atoms with Crippen molar-refractivity contribution >= 4 is 75.1 Å². The van der Waals surface area contributed by atoms with E-state index in [9.17, 15) is 0 Å². The minimum Gasteiger partial charge on any atom is -0.292 e. The van der Waals surface area contributed by atoms with E-state index in [4.69, 9.17) is 9.97 Å². The third-order valence-corrected chi connectivity index (χ3v) is 9.09. The predicted octanol–water partition coefficient (Wildman–Crippen LogP) is 9.91. The maximum absolute atomic E-state index is 5.30. The van der Waals surface area contributed by atoms with Crippen molar-refractivity contribution < 1.29 is 0 Å². The van der Waals surface area contributed by atoms with Gasteiger partial charge in [0.15, 0.2) is 5.82 Å². The Labute approximate surface area is 233 Å². The van der Waals surface area contributed by atoms with E-state index < -0.39 is 0 Å². The molecule has 9 aromatic rings. The summed E-state index contributed by atoms with van der Waals surface area (Å²) in [5, 5.41) is 7.45. The lowest BCUT2D eigenvalue weighted by molar-refractivity contribution is 1.08. The van der Waals surface area contributed by atoms with Gasteiger partial charge in [0.2, 0.25) is 0 Å². The fourth-order valence-electron chi connectivity index (χ4n) is 6.10. The van der Waals surface area contributed by atoms with Crippen LogP contribution in [0, 0.1) is 0 Å². The molecule has 0 saturated carbocycles. The molecule has 0 fully saturated rings. The van der Waals surface area contributed by atoms with Gasteiger partial charge in [0.1, 0.15) is 5.69 Å². The van der Waals surface area contributed by atoms with Crippen LogP contribution in [0.15, 0.2) is 127 Å². The van der Waals surface area contributed by atoms with Crippen LogP contribution >= 0.6 is 11.3 Å². The molecule has 9 rings (SSSR count). The van der Waals surface area contributed by atoms with Gasteiger partial charge in [-0.3, -0.25) is 4.57 Å². The van der Waals surface area contributed by atoms with Crippen LogP contribution in [0.5, 0.6) is 0 Å². The fourth-order valence-corrected chi connectivity index (χ4v) is 7.24. The summed E-state index contributed by atoms with van der Waals surface area (Å²) in [6, 6.07) is 45.3. The number of benzene rings is 6. The van der Waals surface area contributed by atoms with Gasteiger partial charge in [0, 0.05) is 36.5 Å². The number of thiophene rings is 1. The highest BCUT2D eigenvalue weighted by atomic mass is 32.1. The van der Waals surface area contributed by atoms with Crippen molar-refractivity contribution in [3.63, 3.8) is 0 Å². The van der Waals surface area contributed by atoms with Gasteiger partial charge in [-0.1, -0.05) is 84.9 Å². The van der Waals surface area contributed by atoms with Gasteiger partial charge < -0.3 is 0 Å². The molecule has 0 atom stereocenters. The molecule has 3 nitrogen and oxygen atoms in total. The van der Waals surface area contributed by atoms with Crippen molar-refractivity contribution in [3.05, 3.63) is 127 Å². The lowest BCUT2D eigenvalue weighted by Crippen LogP contribution is -2.03. The Balaban J connectivity index is 1.41. The Morgan fingerprint density at radius 2 is 1.15 bits per heavy atom. The molecule has 186 valence electrons. The Hall–Kier alpha value is -5.06. The monoisotopic (exact) mass is 527 g/mol. The van der Waals surface area contributed by atoms with E-state index in [1.807, 2.05) is 35.6 Å². The summed E-state index contributed by atoms with van der Waals surface area (Å²) in [6.45, 7) is 0. The van der Waals surface area contributed by atoms with Crippen LogP contribution in [-0.2, 0) is 0 Å². The normalized spacial score (nSPS) is 12.0. The molecule has 0 unspecified atom stereocenters. The smallest absolute Gasteiger partial charge is 0.165 e. The van der Waals surface area contributed by atoms with Crippen molar-refractivity contribution in [3.8, 4) is 17.1 Å². The van der Waals surface area contributed by atoms with Crippen LogP contribution < -0.4 is 0 Å². The molecule has 0 bridgehead atoms. The van der Waals surface area contributed by atoms with Gasteiger partial charge in [-0.25, -0.2) is 9.97 Å². The van der Waals surface area contributed by atoms with Gasteiger partial charge in [0.05, 0.1) is 22.1 Å². The van der Waals surface area contributed by atoms with Crippen molar-refractivity contribution in [2.75, 3.05) is 0 Å². The minimum absolute atomic E-state index is 0.848. The first-order valence-electron chi connectivity index (χ1n) is 13.4. The standard InChI is InChI=1S/C36H21N3S/c1-2-10-23-20-32-28(19-22(23)9-1)25-11-3-7-15-31(25)39(32)36-35(37-29-13-5-6-14-30(29)38-36)24-17-18-27-26-12-4-8-16-33(26)40-34(27)21-24/h1-21H. The molecule has 0 radical (unpaired) electrons. The second-order valence-electron chi connectivity index (χ2n) is 10.3. The quantitative estimate of drug-likeness (QED) is 0.224. The highest BCUT2D eigenvalue weighted by molar-refractivity contribution is 7.25. The summed E-state index contributed by atoms with van der Waals surface area (Å²) < 4.78 is 4.86. The minimum atomic E-state index is 0.848. The van der Waals surface area contributed by atoms with Crippen LogP contribution in [-0.4, -0.2) is 14.5 Å². The van der Waals surface area contributed by atoms with Crippen molar-refractivity contribution in [2.45, 2.75) is 0 Å². The van der Waals surface area contributed by atoms with Crippen molar-refractivity contribution in [1.29, 1.82) is 0 Å². The van der Waals surface area contributed by atoms with Crippen molar-refractivity contribution in [2.24, 2.45) is 0 Å². The van der Waals surface area contributed by atoms with E-state index in [-0.39, 0.29) is 0 Å². The third kappa shape index (κ3) is 3.11. The van der Waals surface area contributed by atoms with E-state index in [1.54, 1.807) is 0 Å². The first kappa shape index (κ1) is 21.8. The summed E-state index contributed by atoms with van der Waals surface area (Å²) in [4.78, 5) is 10.6. The van der Waals surface area contributed by atoms with Gasteiger partial charge in [0.25, 0.3) is 0 Å². The van der Waals surface area contributed by atoms with Crippen molar-refractivity contribution in [1.82, 2.24) is 14.5 Å². The summed E-state index contributed by atoms with van der Waals surface area (Å²) in [6.07, 6.45) is 0. The Morgan fingerprint density at radius 1 is 0.475 bits per heavy atom. The lowest BCUT2D eigenvalue weighted by Gasteiger charge is -2.14. The number of rotatable bonds is 2. The molecule has 3 aromatic heterocycles. The predicted molar refractivity (Wildman–Crippen MR) is 170 cm³/mol. The number of nitrogens with zero attached hydrogens (tertiary/aromatic N) is 3. The van der Waals surface area contributed by atoms with Crippen LogP contribution in [0.3, 0.4) is 0 Å². The third-order valence-electron chi connectivity index (χ3n) is 7.96. The average Bonchev–Trinajstić information content (AvgIpc) is 3.54. The van der Waals surface area contributed by atoms with E-state index in [0.29, 0.717) is 0 Å². The van der Waals surface area contributed by atoms with Crippen LogP contribution in [0.2, 0.25) is 0 Å². The maximum Gasteiger partial charge on any atom is 0.165 e. The Morgan fingerprint density at radius 3 is 2.02 bits per heavy atom. The lowest BCUT2D eigenvalue weighted by atomic mass is 10.1. The molecule has 0 N–H and O–H groups in total. The van der Waals surface area contributed by atoms with E-state index in [2.05, 4.69) is 108 Å². The number of hydrogen-bond acceptors (Lipinski definition) is 3. The molecule has 0 aliphatic heterocycles. The van der Waals surface area contributed by atoms with Gasteiger partial charge >= 0.3 is 0 Å². The number of para-hydroxylation sites is 3. The first-order valence-corrected chi connectivity index (χ1v) is 14.2. The van der Waals surface area contributed by atoms with Crippen LogP contribution in [0.4, 0.5) is 0 Å². The molecule has 3 heterocycles. The number of hydrogen-bond donors (Lipinski definition) is 0.